The van der Waals surface area contributed by atoms with Gasteiger partial charge >= 0.3 is 0 Å². The van der Waals surface area contributed by atoms with Gasteiger partial charge < -0.3 is 10.2 Å². The molecule has 0 aliphatic rings. The maximum Gasteiger partial charge on any atom is 0.221 e. The zero-order valence-electron chi connectivity index (χ0n) is 13.0. The van der Waals surface area contributed by atoms with Gasteiger partial charge in [0.05, 0.1) is 4.34 Å². The molecule has 1 rings (SSSR count). The van der Waals surface area contributed by atoms with Crippen molar-refractivity contribution in [1.29, 1.82) is 0 Å². The largest absolute Gasteiger partial charge is 0.351 e. The average Bonchev–Trinajstić information content (AvgIpc) is 2.69. The van der Waals surface area contributed by atoms with E-state index in [4.69, 9.17) is 11.6 Å². The first-order valence-electron chi connectivity index (χ1n) is 6.91. The molecule has 0 saturated carbocycles. The first-order valence-corrected chi connectivity index (χ1v) is 8.10. The highest BCUT2D eigenvalue weighted by atomic mass is 35.5. The standard InChI is InChI=1S/C15H23ClN2O2S/c1-11(19)9-15(2,3)17-14(20)7-8-18(4)10-12-5-6-13(16)21-12/h5-6H,7-10H2,1-4H3,(H,17,20). The number of carbonyl (C=O) groups excluding carboxylic acids is 2. The number of Topliss-reactive ketones (excluding diaryl/α,β-unsaturated/α-hetero) is 1. The molecule has 0 saturated heterocycles. The molecule has 0 aromatic carbocycles. The number of hydrogen-bond acceptors (Lipinski definition) is 4. The van der Waals surface area contributed by atoms with Crippen LogP contribution in [0, 0.1) is 0 Å². The first-order chi connectivity index (χ1) is 9.68. The summed E-state index contributed by atoms with van der Waals surface area (Å²) in [6.07, 6.45) is 0.763. The number of halogens is 1. The van der Waals surface area contributed by atoms with Crippen molar-refractivity contribution in [2.45, 2.75) is 45.7 Å². The Labute approximate surface area is 135 Å². The van der Waals surface area contributed by atoms with Gasteiger partial charge in [-0.3, -0.25) is 9.59 Å². The van der Waals surface area contributed by atoms with Crippen molar-refractivity contribution in [3.63, 3.8) is 0 Å². The Morgan fingerprint density at radius 2 is 2.05 bits per heavy atom. The van der Waals surface area contributed by atoms with Crippen LogP contribution in [0.15, 0.2) is 12.1 Å². The molecular weight excluding hydrogens is 308 g/mol. The molecule has 4 nitrogen and oxygen atoms in total. The van der Waals surface area contributed by atoms with Crippen molar-refractivity contribution < 1.29 is 9.59 Å². The number of rotatable bonds is 8. The van der Waals surface area contributed by atoms with Crippen LogP contribution < -0.4 is 5.32 Å². The van der Waals surface area contributed by atoms with Crippen LogP contribution in [0.5, 0.6) is 0 Å². The van der Waals surface area contributed by atoms with Crippen LogP contribution in [-0.4, -0.2) is 35.7 Å². The number of thiophene rings is 1. The molecule has 1 heterocycles. The van der Waals surface area contributed by atoms with Crippen LogP contribution in [0.25, 0.3) is 0 Å². The lowest BCUT2D eigenvalue weighted by Gasteiger charge is -2.25. The molecule has 0 aliphatic carbocycles. The lowest BCUT2D eigenvalue weighted by atomic mass is 9.98. The molecule has 0 spiro atoms. The quantitative estimate of drug-likeness (QED) is 0.796. The predicted octanol–water partition coefficient (Wildman–Crippen LogP) is 3.10. The number of ketones is 1. The van der Waals surface area contributed by atoms with Gasteiger partial charge in [-0.05, 0) is 40.0 Å². The summed E-state index contributed by atoms with van der Waals surface area (Å²) < 4.78 is 0.780. The first kappa shape index (κ1) is 18.1. The summed E-state index contributed by atoms with van der Waals surface area (Å²) in [6.45, 7) is 6.71. The monoisotopic (exact) mass is 330 g/mol. The van der Waals surface area contributed by atoms with E-state index in [0.29, 0.717) is 19.4 Å². The van der Waals surface area contributed by atoms with E-state index in [1.165, 1.54) is 11.8 Å². The fourth-order valence-electron chi connectivity index (χ4n) is 2.18. The molecule has 21 heavy (non-hydrogen) atoms. The molecule has 6 heteroatoms. The number of nitrogens with zero attached hydrogens (tertiary/aromatic N) is 1. The third-order valence-corrected chi connectivity index (χ3v) is 4.16. The van der Waals surface area contributed by atoms with Gasteiger partial charge in [0.2, 0.25) is 5.91 Å². The summed E-state index contributed by atoms with van der Waals surface area (Å²) in [5.41, 5.74) is -0.483. The lowest BCUT2D eigenvalue weighted by molar-refractivity contribution is -0.124. The molecule has 0 radical (unpaired) electrons. The molecule has 0 unspecified atom stereocenters. The average molecular weight is 331 g/mol. The molecule has 118 valence electrons. The smallest absolute Gasteiger partial charge is 0.221 e. The van der Waals surface area contributed by atoms with Crippen LogP contribution in [0.2, 0.25) is 4.34 Å². The normalized spacial score (nSPS) is 11.7. The fourth-order valence-corrected chi connectivity index (χ4v) is 3.35. The van der Waals surface area contributed by atoms with Crippen molar-refractivity contribution in [2.75, 3.05) is 13.6 Å². The minimum absolute atomic E-state index is 0.0303. The summed E-state index contributed by atoms with van der Waals surface area (Å²) in [5, 5.41) is 2.91. The minimum Gasteiger partial charge on any atom is -0.351 e. The number of nitrogens with one attached hydrogen (secondary N) is 1. The highest BCUT2D eigenvalue weighted by molar-refractivity contribution is 7.16. The molecular formula is C15H23ClN2O2S. The second kappa shape index (κ2) is 7.92. The van der Waals surface area contributed by atoms with Gasteiger partial charge in [-0.1, -0.05) is 11.6 Å². The fraction of sp³-hybridized carbons (Fsp3) is 0.600. The molecule has 1 aromatic heterocycles. The van der Waals surface area contributed by atoms with Crippen molar-refractivity contribution in [1.82, 2.24) is 10.2 Å². The third kappa shape index (κ3) is 7.60. The Hall–Kier alpha value is -0.910. The number of amides is 1. The van der Waals surface area contributed by atoms with E-state index in [-0.39, 0.29) is 11.7 Å². The van der Waals surface area contributed by atoms with E-state index in [0.717, 1.165) is 10.9 Å². The van der Waals surface area contributed by atoms with Crippen LogP contribution in [0.1, 0.15) is 38.5 Å². The van der Waals surface area contributed by atoms with Gasteiger partial charge in [0.25, 0.3) is 0 Å². The SMILES string of the molecule is CC(=O)CC(C)(C)NC(=O)CCN(C)Cc1ccc(Cl)s1. The van der Waals surface area contributed by atoms with Crippen molar-refractivity contribution >= 4 is 34.6 Å². The number of carbonyl (C=O) groups is 2. The summed E-state index contributed by atoms with van der Waals surface area (Å²) >= 11 is 7.45. The Balaban J connectivity index is 2.33. The predicted molar refractivity (Wildman–Crippen MR) is 87.8 cm³/mol. The van der Waals surface area contributed by atoms with Gasteiger partial charge in [-0.25, -0.2) is 0 Å². The number of hydrogen-bond donors (Lipinski definition) is 1. The second-order valence-corrected chi connectivity index (χ2v) is 7.80. The van der Waals surface area contributed by atoms with E-state index >= 15 is 0 Å². The summed E-state index contributed by atoms with van der Waals surface area (Å²) in [6, 6.07) is 3.88. The van der Waals surface area contributed by atoms with E-state index in [1.54, 1.807) is 11.3 Å². The van der Waals surface area contributed by atoms with Gasteiger partial charge in [0.1, 0.15) is 5.78 Å². The highest BCUT2D eigenvalue weighted by Gasteiger charge is 2.22. The molecule has 0 bridgehead atoms. The van der Waals surface area contributed by atoms with E-state index in [9.17, 15) is 9.59 Å². The molecule has 1 N–H and O–H groups in total. The molecule has 1 aromatic rings. The summed E-state index contributed by atoms with van der Waals surface area (Å²) in [5.74, 6) is 0.0457. The van der Waals surface area contributed by atoms with Crippen LogP contribution in [0.4, 0.5) is 0 Å². The third-order valence-electron chi connectivity index (χ3n) is 2.94. The van der Waals surface area contributed by atoms with Gasteiger partial charge in [0.15, 0.2) is 0 Å². The zero-order chi connectivity index (χ0) is 16.0. The van der Waals surface area contributed by atoms with Gasteiger partial charge in [-0.15, -0.1) is 11.3 Å². The molecule has 0 atom stereocenters. The van der Waals surface area contributed by atoms with Crippen molar-refractivity contribution in [3.8, 4) is 0 Å². The van der Waals surface area contributed by atoms with Crippen LogP contribution >= 0.6 is 22.9 Å². The van der Waals surface area contributed by atoms with Crippen LogP contribution in [-0.2, 0) is 16.1 Å². The summed E-state index contributed by atoms with van der Waals surface area (Å²) in [4.78, 5) is 26.3. The molecule has 0 fully saturated rings. The van der Waals surface area contributed by atoms with E-state index in [1.807, 2.05) is 33.0 Å². The molecule has 0 aliphatic heterocycles. The van der Waals surface area contributed by atoms with Crippen molar-refractivity contribution in [2.24, 2.45) is 0 Å². The molecule has 1 amide bonds. The van der Waals surface area contributed by atoms with E-state index < -0.39 is 5.54 Å². The van der Waals surface area contributed by atoms with E-state index in [2.05, 4.69) is 10.2 Å². The van der Waals surface area contributed by atoms with Crippen LogP contribution in [0.3, 0.4) is 0 Å². The zero-order valence-corrected chi connectivity index (χ0v) is 14.6. The highest BCUT2D eigenvalue weighted by Crippen LogP contribution is 2.22. The Morgan fingerprint density at radius 3 is 2.57 bits per heavy atom. The van der Waals surface area contributed by atoms with Gasteiger partial charge in [-0.2, -0.15) is 0 Å². The second-order valence-electron chi connectivity index (χ2n) is 6.00. The Bertz CT molecular complexity index is 500. The van der Waals surface area contributed by atoms with Gasteiger partial charge in [0, 0.05) is 36.3 Å². The lowest BCUT2D eigenvalue weighted by Crippen LogP contribution is -2.45. The minimum atomic E-state index is -0.483. The topological polar surface area (TPSA) is 49.4 Å². The Morgan fingerprint density at radius 1 is 1.38 bits per heavy atom. The van der Waals surface area contributed by atoms with Crippen molar-refractivity contribution in [3.05, 3.63) is 21.3 Å². The maximum atomic E-state index is 11.9. The Kier molecular flexibility index (Phi) is 6.84. The maximum absolute atomic E-state index is 11.9. The summed E-state index contributed by atoms with van der Waals surface area (Å²) in [7, 11) is 1.97.